The molecule has 2 aromatic carbocycles. The van der Waals surface area contributed by atoms with Crippen molar-refractivity contribution in [3.63, 3.8) is 0 Å². The number of carbonyl (C=O) groups excluding carboxylic acids is 1. The maximum absolute atomic E-state index is 12.3. The van der Waals surface area contributed by atoms with Crippen molar-refractivity contribution in [2.75, 3.05) is 11.1 Å². The van der Waals surface area contributed by atoms with Crippen LogP contribution in [0.15, 0.2) is 66.3 Å². The van der Waals surface area contributed by atoms with E-state index >= 15 is 0 Å². The molecule has 1 heterocycles. The summed E-state index contributed by atoms with van der Waals surface area (Å²) in [7, 11) is 0. The summed E-state index contributed by atoms with van der Waals surface area (Å²) in [5.74, 6) is 1.50. The Morgan fingerprint density at radius 1 is 1.23 bits per heavy atom. The third-order valence-corrected chi connectivity index (χ3v) is 5.43. The standard InChI is InChI=1S/C22H23ClN4O2S/c1-4-13-27-21(16(3)29-19-11-5-15(2)6-12-19)25-26-22(27)30-14-20(28)24-18-9-7-17(23)8-10-18/h4-12,16H,1,13-14H2,2-3H3,(H,24,28). The molecule has 0 saturated heterocycles. The molecule has 3 aromatic rings. The number of hydrogen-bond donors (Lipinski definition) is 1. The zero-order chi connectivity index (χ0) is 21.5. The van der Waals surface area contributed by atoms with E-state index in [1.54, 1.807) is 30.3 Å². The minimum Gasteiger partial charge on any atom is -0.483 e. The van der Waals surface area contributed by atoms with Gasteiger partial charge < -0.3 is 10.1 Å². The molecule has 1 aromatic heterocycles. The third-order valence-electron chi connectivity index (χ3n) is 4.21. The number of nitrogens with zero attached hydrogens (tertiary/aromatic N) is 3. The number of aromatic nitrogens is 3. The van der Waals surface area contributed by atoms with Gasteiger partial charge in [0, 0.05) is 17.3 Å². The van der Waals surface area contributed by atoms with E-state index in [9.17, 15) is 4.79 Å². The smallest absolute Gasteiger partial charge is 0.234 e. The first-order valence-electron chi connectivity index (χ1n) is 9.42. The fraction of sp³-hybridized carbons (Fsp3) is 0.227. The Kier molecular flexibility index (Phi) is 7.54. The van der Waals surface area contributed by atoms with Gasteiger partial charge in [-0.2, -0.15) is 0 Å². The Hall–Kier alpha value is -2.77. The quantitative estimate of drug-likeness (QED) is 0.360. The highest BCUT2D eigenvalue weighted by Gasteiger charge is 2.19. The van der Waals surface area contributed by atoms with Crippen LogP contribution in [0.3, 0.4) is 0 Å². The number of ether oxygens (including phenoxy) is 1. The number of benzene rings is 2. The fourth-order valence-corrected chi connectivity index (χ4v) is 3.62. The molecule has 0 radical (unpaired) electrons. The van der Waals surface area contributed by atoms with E-state index in [1.807, 2.05) is 42.7 Å². The molecule has 6 nitrogen and oxygen atoms in total. The van der Waals surface area contributed by atoms with E-state index < -0.39 is 0 Å². The number of nitrogens with one attached hydrogen (secondary N) is 1. The molecule has 0 aliphatic heterocycles. The summed E-state index contributed by atoms with van der Waals surface area (Å²) in [6.45, 7) is 8.28. The number of amides is 1. The van der Waals surface area contributed by atoms with Crippen LogP contribution in [0.25, 0.3) is 0 Å². The summed E-state index contributed by atoms with van der Waals surface area (Å²) in [6.07, 6.45) is 1.46. The summed E-state index contributed by atoms with van der Waals surface area (Å²) in [4.78, 5) is 12.3. The van der Waals surface area contributed by atoms with Gasteiger partial charge in [0.1, 0.15) is 5.75 Å². The van der Waals surface area contributed by atoms with E-state index in [2.05, 4.69) is 22.1 Å². The van der Waals surface area contributed by atoms with E-state index in [0.29, 0.717) is 28.2 Å². The van der Waals surface area contributed by atoms with Crippen molar-refractivity contribution in [3.8, 4) is 5.75 Å². The molecule has 1 N–H and O–H groups in total. The minimum atomic E-state index is -0.308. The summed E-state index contributed by atoms with van der Waals surface area (Å²) in [5.41, 5.74) is 1.86. The van der Waals surface area contributed by atoms with Gasteiger partial charge in [0.15, 0.2) is 17.1 Å². The van der Waals surface area contributed by atoms with Crippen molar-refractivity contribution in [2.24, 2.45) is 0 Å². The number of allylic oxidation sites excluding steroid dienone is 1. The lowest BCUT2D eigenvalue weighted by Crippen LogP contribution is -2.15. The monoisotopic (exact) mass is 442 g/mol. The first-order valence-corrected chi connectivity index (χ1v) is 10.8. The second-order valence-electron chi connectivity index (χ2n) is 6.66. The second kappa shape index (κ2) is 10.3. The Labute approximate surface area is 185 Å². The van der Waals surface area contributed by atoms with Crippen molar-refractivity contribution >= 4 is 35.0 Å². The van der Waals surface area contributed by atoms with Crippen molar-refractivity contribution in [1.82, 2.24) is 14.8 Å². The number of aryl methyl sites for hydroxylation is 1. The van der Waals surface area contributed by atoms with Gasteiger partial charge in [-0.05, 0) is 50.2 Å². The van der Waals surface area contributed by atoms with Crippen LogP contribution in [-0.4, -0.2) is 26.4 Å². The lowest BCUT2D eigenvalue weighted by Gasteiger charge is -2.16. The average Bonchev–Trinajstić information content (AvgIpc) is 3.13. The molecule has 0 aliphatic rings. The maximum atomic E-state index is 12.3. The van der Waals surface area contributed by atoms with Crippen molar-refractivity contribution in [1.29, 1.82) is 0 Å². The average molecular weight is 443 g/mol. The van der Waals surface area contributed by atoms with Crippen LogP contribution in [-0.2, 0) is 11.3 Å². The highest BCUT2D eigenvalue weighted by Crippen LogP contribution is 2.25. The van der Waals surface area contributed by atoms with Gasteiger partial charge in [0.2, 0.25) is 5.91 Å². The SMILES string of the molecule is C=CCn1c(SCC(=O)Nc2ccc(Cl)cc2)nnc1C(C)Oc1ccc(C)cc1. The molecule has 1 atom stereocenters. The third kappa shape index (κ3) is 5.87. The normalized spacial score (nSPS) is 11.7. The molecule has 8 heteroatoms. The van der Waals surface area contributed by atoms with Gasteiger partial charge in [0.25, 0.3) is 0 Å². The molecule has 0 saturated carbocycles. The van der Waals surface area contributed by atoms with E-state index in [-0.39, 0.29) is 17.8 Å². The van der Waals surface area contributed by atoms with Crippen LogP contribution in [0.1, 0.15) is 24.4 Å². The first-order chi connectivity index (χ1) is 14.5. The summed E-state index contributed by atoms with van der Waals surface area (Å²) >= 11 is 7.18. The van der Waals surface area contributed by atoms with Gasteiger partial charge in [-0.15, -0.1) is 16.8 Å². The Bertz CT molecular complexity index is 1000. The van der Waals surface area contributed by atoms with Crippen molar-refractivity contribution in [3.05, 3.63) is 77.6 Å². The van der Waals surface area contributed by atoms with E-state index in [0.717, 1.165) is 5.75 Å². The molecular weight excluding hydrogens is 420 g/mol. The maximum Gasteiger partial charge on any atom is 0.234 e. The number of carbonyl (C=O) groups is 1. The van der Waals surface area contributed by atoms with Gasteiger partial charge in [-0.25, -0.2) is 0 Å². The molecule has 0 fully saturated rings. The van der Waals surface area contributed by atoms with Crippen LogP contribution in [0.2, 0.25) is 5.02 Å². The van der Waals surface area contributed by atoms with Crippen LogP contribution in [0, 0.1) is 6.92 Å². The number of rotatable bonds is 9. The topological polar surface area (TPSA) is 69.0 Å². The van der Waals surface area contributed by atoms with Crippen LogP contribution >= 0.6 is 23.4 Å². The van der Waals surface area contributed by atoms with Crippen LogP contribution in [0.5, 0.6) is 5.75 Å². The van der Waals surface area contributed by atoms with Crippen LogP contribution in [0.4, 0.5) is 5.69 Å². The zero-order valence-electron chi connectivity index (χ0n) is 16.8. The fourth-order valence-electron chi connectivity index (χ4n) is 2.74. The second-order valence-corrected chi connectivity index (χ2v) is 8.04. The Morgan fingerprint density at radius 2 is 1.93 bits per heavy atom. The van der Waals surface area contributed by atoms with Crippen molar-refractivity contribution < 1.29 is 9.53 Å². The molecule has 1 amide bonds. The molecule has 30 heavy (non-hydrogen) atoms. The van der Waals surface area contributed by atoms with E-state index in [4.69, 9.17) is 16.3 Å². The lowest BCUT2D eigenvalue weighted by molar-refractivity contribution is -0.113. The lowest BCUT2D eigenvalue weighted by atomic mass is 10.2. The highest BCUT2D eigenvalue weighted by atomic mass is 35.5. The van der Waals surface area contributed by atoms with Gasteiger partial charge >= 0.3 is 0 Å². The molecule has 0 bridgehead atoms. The van der Waals surface area contributed by atoms with Gasteiger partial charge in [-0.3, -0.25) is 9.36 Å². The largest absolute Gasteiger partial charge is 0.483 e. The Morgan fingerprint density at radius 3 is 2.60 bits per heavy atom. The number of hydrogen-bond acceptors (Lipinski definition) is 5. The highest BCUT2D eigenvalue weighted by molar-refractivity contribution is 7.99. The molecule has 0 aliphatic carbocycles. The van der Waals surface area contributed by atoms with E-state index in [1.165, 1.54) is 17.3 Å². The predicted molar refractivity (Wildman–Crippen MR) is 121 cm³/mol. The summed E-state index contributed by atoms with van der Waals surface area (Å²) in [6, 6.07) is 14.8. The molecule has 156 valence electrons. The summed E-state index contributed by atoms with van der Waals surface area (Å²) in [5, 5.41) is 12.6. The van der Waals surface area contributed by atoms with Gasteiger partial charge in [0.05, 0.1) is 5.75 Å². The number of halogens is 1. The molecular formula is C22H23ClN4O2S. The molecule has 1 unspecified atom stereocenters. The van der Waals surface area contributed by atoms with Crippen LogP contribution < -0.4 is 10.1 Å². The molecule has 0 spiro atoms. The van der Waals surface area contributed by atoms with Crippen molar-refractivity contribution in [2.45, 2.75) is 31.7 Å². The number of thioether (sulfide) groups is 1. The zero-order valence-corrected chi connectivity index (χ0v) is 18.4. The summed E-state index contributed by atoms with van der Waals surface area (Å²) < 4.78 is 7.92. The number of anilines is 1. The predicted octanol–water partition coefficient (Wildman–Crippen LogP) is 5.30. The Balaban J connectivity index is 1.65. The minimum absolute atomic E-state index is 0.138. The molecule has 3 rings (SSSR count). The van der Waals surface area contributed by atoms with Gasteiger partial charge in [-0.1, -0.05) is 47.1 Å². The first kappa shape index (κ1) is 21.9.